The highest BCUT2D eigenvalue weighted by atomic mass is 16.5. The molecule has 1 amide bonds. The van der Waals surface area contributed by atoms with Crippen LogP contribution in [-0.2, 0) is 17.6 Å². The summed E-state index contributed by atoms with van der Waals surface area (Å²) in [7, 11) is 0. The summed E-state index contributed by atoms with van der Waals surface area (Å²) in [6, 6.07) is 19.9. The lowest BCUT2D eigenvalue weighted by molar-refractivity contribution is -0.118. The monoisotopic (exact) mass is 442 g/mol. The number of amides is 1. The van der Waals surface area contributed by atoms with Crippen LogP contribution in [0.4, 0.5) is 5.69 Å². The van der Waals surface area contributed by atoms with Crippen LogP contribution in [-0.4, -0.2) is 17.5 Å². The minimum Gasteiger partial charge on any atom is -0.483 e. The molecule has 4 aromatic rings. The van der Waals surface area contributed by atoms with E-state index in [0.717, 1.165) is 45.6 Å². The molecule has 0 radical (unpaired) electrons. The Bertz CT molecular complexity index is 1260. The number of anilines is 1. The Balaban J connectivity index is 1.35. The highest BCUT2D eigenvalue weighted by molar-refractivity contribution is 5.91. The summed E-state index contributed by atoms with van der Waals surface area (Å²) >= 11 is 0. The second kappa shape index (κ2) is 9.90. The fourth-order valence-corrected chi connectivity index (χ4v) is 3.78. The molecule has 1 aromatic heterocycles. The second-order valence-electron chi connectivity index (χ2n) is 8.67. The second-order valence-corrected chi connectivity index (χ2v) is 8.67. The number of nitrogens with zero attached hydrogens (tertiary/aromatic N) is 1. The lowest BCUT2D eigenvalue weighted by Gasteiger charge is -2.15. The lowest BCUT2D eigenvalue weighted by atomic mass is 10.0. The van der Waals surface area contributed by atoms with E-state index in [9.17, 15) is 4.79 Å². The predicted molar refractivity (Wildman–Crippen MR) is 132 cm³/mol. The van der Waals surface area contributed by atoms with Gasteiger partial charge in [-0.2, -0.15) is 0 Å². The Hall–Kier alpha value is -3.60. The Morgan fingerprint density at radius 2 is 1.79 bits per heavy atom. The Kier molecular flexibility index (Phi) is 6.78. The van der Waals surface area contributed by atoms with E-state index in [1.54, 1.807) is 0 Å². The maximum absolute atomic E-state index is 12.4. The fourth-order valence-electron chi connectivity index (χ4n) is 3.78. The first-order valence-corrected chi connectivity index (χ1v) is 11.4. The molecule has 0 saturated heterocycles. The summed E-state index contributed by atoms with van der Waals surface area (Å²) in [5, 5.41) is 2.90. The maximum Gasteiger partial charge on any atom is 0.262 e. The van der Waals surface area contributed by atoms with Crippen LogP contribution in [0.2, 0.25) is 0 Å². The third kappa shape index (κ3) is 5.61. The van der Waals surface area contributed by atoms with Crippen molar-refractivity contribution in [2.45, 2.75) is 46.5 Å². The van der Waals surface area contributed by atoms with Gasteiger partial charge in [-0.1, -0.05) is 51.1 Å². The van der Waals surface area contributed by atoms with Gasteiger partial charge in [0.2, 0.25) is 0 Å². The maximum atomic E-state index is 12.4. The molecular formula is C28H30N2O3. The smallest absolute Gasteiger partial charge is 0.262 e. The zero-order valence-corrected chi connectivity index (χ0v) is 19.6. The third-order valence-electron chi connectivity index (χ3n) is 5.65. The van der Waals surface area contributed by atoms with Crippen LogP contribution in [0, 0.1) is 6.92 Å². The molecule has 170 valence electrons. The van der Waals surface area contributed by atoms with Gasteiger partial charge >= 0.3 is 0 Å². The number of ether oxygens (including phenoxy) is 1. The molecule has 0 fully saturated rings. The zero-order chi connectivity index (χ0) is 23.4. The van der Waals surface area contributed by atoms with E-state index in [0.29, 0.717) is 18.2 Å². The number of nitrogens with one attached hydrogen (secondary N) is 1. The van der Waals surface area contributed by atoms with E-state index in [2.05, 4.69) is 55.3 Å². The van der Waals surface area contributed by atoms with E-state index in [-0.39, 0.29) is 12.5 Å². The van der Waals surface area contributed by atoms with Crippen molar-refractivity contribution in [3.05, 3.63) is 88.8 Å². The lowest BCUT2D eigenvalue weighted by Crippen LogP contribution is -2.20. The van der Waals surface area contributed by atoms with Crippen LogP contribution in [0.15, 0.2) is 65.1 Å². The molecule has 33 heavy (non-hydrogen) atoms. The highest BCUT2D eigenvalue weighted by Gasteiger charge is 2.11. The van der Waals surface area contributed by atoms with Crippen molar-refractivity contribution >= 4 is 22.7 Å². The van der Waals surface area contributed by atoms with Crippen LogP contribution >= 0.6 is 0 Å². The molecular weight excluding hydrogens is 412 g/mol. The molecule has 1 heterocycles. The molecule has 5 nitrogen and oxygen atoms in total. The minimum atomic E-state index is -0.190. The molecule has 5 heteroatoms. The number of aromatic nitrogens is 1. The number of hydrogen-bond donors (Lipinski definition) is 1. The minimum absolute atomic E-state index is 0.0341. The average Bonchev–Trinajstić information content (AvgIpc) is 3.20. The van der Waals surface area contributed by atoms with Gasteiger partial charge < -0.3 is 14.5 Å². The number of benzene rings is 3. The molecule has 0 aliphatic rings. The van der Waals surface area contributed by atoms with Gasteiger partial charge in [-0.15, -0.1) is 0 Å². The number of fused-ring (bicyclic) bond motifs is 1. The van der Waals surface area contributed by atoms with Gasteiger partial charge in [-0.05, 0) is 71.8 Å². The fraction of sp³-hybridized carbons (Fsp3) is 0.286. The van der Waals surface area contributed by atoms with Gasteiger partial charge in [0.1, 0.15) is 11.3 Å². The van der Waals surface area contributed by atoms with E-state index < -0.39 is 0 Å². The number of oxazole rings is 1. The van der Waals surface area contributed by atoms with Gasteiger partial charge in [0, 0.05) is 12.1 Å². The first-order valence-electron chi connectivity index (χ1n) is 11.4. The molecule has 3 aromatic carbocycles. The molecule has 0 bridgehead atoms. The third-order valence-corrected chi connectivity index (χ3v) is 5.65. The molecule has 4 rings (SSSR count). The van der Waals surface area contributed by atoms with Gasteiger partial charge in [-0.25, -0.2) is 4.98 Å². The largest absolute Gasteiger partial charge is 0.483 e. The first-order chi connectivity index (χ1) is 15.9. The van der Waals surface area contributed by atoms with Gasteiger partial charge in [-0.3, -0.25) is 4.79 Å². The molecule has 0 saturated carbocycles. The van der Waals surface area contributed by atoms with Crippen LogP contribution in [0.25, 0.3) is 11.1 Å². The van der Waals surface area contributed by atoms with Crippen molar-refractivity contribution in [3.63, 3.8) is 0 Å². The molecule has 0 aliphatic carbocycles. The van der Waals surface area contributed by atoms with E-state index in [4.69, 9.17) is 9.15 Å². The first kappa shape index (κ1) is 22.6. The summed E-state index contributed by atoms with van der Waals surface area (Å²) in [4.78, 5) is 17.0. The van der Waals surface area contributed by atoms with Crippen molar-refractivity contribution < 1.29 is 13.9 Å². The molecule has 0 spiro atoms. The van der Waals surface area contributed by atoms with Crippen LogP contribution in [0.3, 0.4) is 0 Å². The number of aryl methyl sites for hydroxylation is 2. The molecule has 0 atom stereocenters. The highest BCUT2D eigenvalue weighted by Crippen LogP contribution is 2.27. The molecule has 0 aliphatic heterocycles. The van der Waals surface area contributed by atoms with Gasteiger partial charge in [0.05, 0.1) is 0 Å². The molecule has 0 unspecified atom stereocenters. The van der Waals surface area contributed by atoms with Crippen LogP contribution in [0.1, 0.15) is 54.8 Å². The average molecular weight is 443 g/mol. The normalized spacial score (nSPS) is 11.2. The quantitative estimate of drug-likeness (QED) is 0.341. The number of hydrogen-bond acceptors (Lipinski definition) is 4. The Morgan fingerprint density at radius 3 is 2.52 bits per heavy atom. The summed E-state index contributed by atoms with van der Waals surface area (Å²) in [5.41, 5.74) is 6.94. The SMILES string of the molecule is CCc1ccc2oc(Cc3ccc(NC(=O)COc4cc(C)ccc4C(C)C)cc3)nc2c1. The van der Waals surface area contributed by atoms with E-state index in [1.165, 1.54) is 5.56 Å². The summed E-state index contributed by atoms with van der Waals surface area (Å²) < 4.78 is 11.7. The summed E-state index contributed by atoms with van der Waals surface area (Å²) in [6.07, 6.45) is 1.57. The summed E-state index contributed by atoms with van der Waals surface area (Å²) in [6.45, 7) is 8.33. The predicted octanol–water partition coefficient (Wildman–Crippen LogP) is 6.43. The van der Waals surface area contributed by atoms with Crippen LogP contribution < -0.4 is 10.1 Å². The van der Waals surface area contributed by atoms with Crippen molar-refractivity contribution in [3.8, 4) is 5.75 Å². The number of rotatable bonds is 8. The van der Waals surface area contributed by atoms with Gasteiger partial charge in [0.25, 0.3) is 5.91 Å². The van der Waals surface area contributed by atoms with Crippen LogP contribution in [0.5, 0.6) is 5.75 Å². The van der Waals surface area contributed by atoms with Gasteiger partial charge in [0.15, 0.2) is 18.1 Å². The Labute approximate surface area is 194 Å². The standard InChI is InChI=1S/C28H30N2O3/c1-5-20-9-13-25-24(15-20)30-28(33-25)16-21-7-10-22(11-8-21)29-27(31)17-32-26-14-19(4)6-12-23(26)18(2)3/h6-15,18H,5,16-17H2,1-4H3,(H,29,31). The van der Waals surface area contributed by atoms with Crippen molar-refractivity contribution in [1.82, 2.24) is 4.98 Å². The van der Waals surface area contributed by atoms with Crippen molar-refractivity contribution in [2.24, 2.45) is 0 Å². The number of carbonyl (C=O) groups excluding carboxylic acids is 1. The van der Waals surface area contributed by atoms with Crippen molar-refractivity contribution in [1.29, 1.82) is 0 Å². The topological polar surface area (TPSA) is 64.4 Å². The Morgan fingerprint density at radius 1 is 1.03 bits per heavy atom. The number of carbonyl (C=O) groups is 1. The zero-order valence-electron chi connectivity index (χ0n) is 19.6. The van der Waals surface area contributed by atoms with E-state index >= 15 is 0 Å². The van der Waals surface area contributed by atoms with Crippen molar-refractivity contribution in [2.75, 3.05) is 11.9 Å². The summed E-state index contributed by atoms with van der Waals surface area (Å²) in [5.74, 6) is 1.58. The van der Waals surface area contributed by atoms with E-state index in [1.807, 2.05) is 43.3 Å². The molecule has 1 N–H and O–H groups in total.